The van der Waals surface area contributed by atoms with Gasteiger partial charge in [0.2, 0.25) is 5.89 Å². The molecular formula is C51H46N3O2Pt-. The number of pyridine rings is 1. The molecule has 6 aromatic carbocycles. The van der Waals surface area contributed by atoms with E-state index in [4.69, 9.17) is 14.4 Å². The van der Waals surface area contributed by atoms with E-state index in [1.54, 1.807) is 12.1 Å². The van der Waals surface area contributed by atoms with E-state index >= 15 is 0 Å². The van der Waals surface area contributed by atoms with Crippen molar-refractivity contribution in [3.05, 3.63) is 156 Å². The zero-order valence-corrected chi connectivity index (χ0v) is 35.9. The van der Waals surface area contributed by atoms with Gasteiger partial charge < -0.3 is 14.4 Å². The first-order valence-corrected chi connectivity index (χ1v) is 19.4. The van der Waals surface area contributed by atoms with Gasteiger partial charge in [0.25, 0.3) is 0 Å². The van der Waals surface area contributed by atoms with E-state index in [-0.39, 0.29) is 43.1 Å². The largest absolute Gasteiger partial charge is 0.507 e. The summed E-state index contributed by atoms with van der Waals surface area (Å²) in [7, 11) is 0. The molecule has 8 aromatic rings. The topological polar surface area (TPSA) is 62.4 Å². The summed E-state index contributed by atoms with van der Waals surface area (Å²) in [6.07, 6.45) is 1.95. The number of aromatic hydroxyl groups is 1. The summed E-state index contributed by atoms with van der Waals surface area (Å²) in [5.41, 5.74) is 14.5. The number of nitrogens with zero attached hydrogens (tertiary/aromatic N) is 3. The van der Waals surface area contributed by atoms with Crippen LogP contribution in [-0.2, 0) is 37.3 Å². The monoisotopic (exact) mass is 927 g/mol. The number of phenols is 1. The van der Waals surface area contributed by atoms with Crippen molar-refractivity contribution in [1.29, 1.82) is 0 Å². The molecule has 2 aromatic heterocycles. The molecule has 6 heteroatoms. The van der Waals surface area contributed by atoms with Crippen LogP contribution in [0.5, 0.6) is 5.75 Å². The third kappa shape index (κ3) is 6.47. The molecule has 0 amide bonds. The minimum Gasteiger partial charge on any atom is -0.507 e. The predicted molar refractivity (Wildman–Crippen MR) is 230 cm³/mol. The summed E-state index contributed by atoms with van der Waals surface area (Å²) in [5.74, 6) is 0.486. The fraction of sp³-hybridized carbons (Fsp3) is 0.216. The first-order valence-electron chi connectivity index (χ1n) is 19.4. The Kier molecular flexibility index (Phi) is 9.32. The van der Waals surface area contributed by atoms with Crippen molar-refractivity contribution in [1.82, 2.24) is 9.97 Å². The Hall–Kier alpha value is -5.51. The van der Waals surface area contributed by atoms with Crippen LogP contribution in [0.2, 0.25) is 0 Å². The Morgan fingerprint density at radius 3 is 1.91 bits per heavy atom. The number of oxazole rings is 1. The standard InChI is InChI=1S/C51H46N3O2.Pt/c1-49(2,3)33-29-37(46-38(30-33)39(24-25-52-46)50(4,5)6)32-26-31(35-17-15-23-45-47(35)53-48(56-45)36-16-9-14-22-44(36)55)27-34(28-32)54-42-20-12-10-18-40(42)51(7,8)41-19-11-13-21-43(41)54;/h9-25,27-30,55H,1-8H3;/q-1;. The fourth-order valence-corrected chi connectivity index (χ4v) is 8.40. The van der Waals surface area contributed by atoms with Crippen LogP contribution in [0.1, 0.15) is 77.6 Å². The van der Waals surface area contributed by atoms with Crippen molar-refractivity contribution in [2.24, 2.45) is 0 Å². The molecule has 0 fully saturated rings. The fourth-order valence-electron chi connectivity index (χ4n) is 8.40. The molecule has 3 heterocycles. The molecular weight excluding hydrogens is 882 g/mol. The summed E-state index contributed by atoms with van der Waals surface area (Å²) >= 11 is 0. The number of anilines is 3. The number of para-hydroxylation sites is 4. The van der Waals surface area contributed by atoms with Crippen molar-refractivity contribution in [2.45, 2.75) is 71.6 Å². The number of phenolic OH excluding ortho intramolecular Hbond substituents is 1. The van der Waals surface area contributed by atoms with E-state index in [1.807, 2.05) is 30.5 Å². The summed E-state index contributed by atoms with van der Waals surface area (Å²) < 4.78 is 6.32. The molecule has 1 aliphatic rings. The van der Waals surface area contributed by atoms with E-state index in [0.29, 0.717) is 22.6 Å². The number of aromatic nitrogens is 2. The molecule has 0 unspecified atom stereocenters. The molecule has 57 heavy (non-hydrogen) atoms. The molecule has 0 spiro atoms. The van der Waals surface area contributed by atoms with Crippen LogP contribution in [0.15, 0.2) is 132 Å². The molecule has 0 saturated carbocycles. The van der Waals surface area contributed by atoms with Gasteiger partial charge in [0.05, 0.1) is 11.1 Å². The second kappa shape index (κ2) is 13.8. The van der Waals surface area contributed by atoms with Gasteiger partial charge in [0.1, 0.15) is 11.3 Å². The van der Waals surface area contributed by atoms with Gasteiger partial charge >= 0.3 is 0 Å². The number of benzene rings is 6. The van der Waals surface area contributed by atoms with Gasteiger partial charge in [-0.2, -0.15) is 0 Å². The van der Waals surface area contributed by atoms with Crippen molar-refractivity contribution in [3.8, 4) is 39.5 Å². The van der Waals surface area contributed by atoms with Gasteiger partial charge in [0.15, 0.2) is 0 Å². The Balaban J connectivity index is 0.00000455. The maximum atomic E-state index is 10.7. The maximum Gasteiger partial charge on any atom is 0.230 e. The van der Waals surface area contributed by atoms with Gasteiger partial charge in [0, 0.05) is 49.6 Å². The van der Waals surface area contributed by atoms with E-state index in [9.17, 15) is 5.11 Å². The van der Waals surface area contributed by atoms with Crippen molar-refractivity contribution < 1.29 is 30.6 Å². The SMILES string of the molecule is CC(C)(C)c1cc(-c2[c-]c(-c3cccc4oc(-c5ccccc5O)nc34)cc(N3c4ccccc4C(C)(C)c4ccccc43)c2)c2nccc(C(C)(C)C)c2c1.[Pt]. The van der Waals surface area contributed by atoms with Gasteiger partial charge in [-0.3, -0.25) is 4.98 Å². The maximum absolute atomic E-state index is 10.7. The third-order valence-electron chi connectivity index (χ3n) is 11.4. The van der Waals surface area contributed by atoms with Crippen LogP contribution < -0.4 is 4.90 Å². The van der Waals surface area contributed by atoms with Crippen molar-refractivity contribution in [3.63, 3.8) is 0 Å². The predicted octanol–water partition coefficient (Wildman–Crippen LogP) is 13.6. The molecule has 0 saturated heterocycles. The number of hydrogen-bond acceptors (Lipinski definition) is 5. The molecule has 0 aliphatic carbocycles. The molecule has 9 rings (SSSR count). The summed E-state index contributed by atoms with van der Waals surface area (Å²) in [6, 6.07) is 45.9. The Morgan fingerprint density at radius 1 is 0.649 bits per heavy atom. The van der Waals surface area contributed by atoms with Crippen molar-refractivity contribution in [2.75, 3.05) is 4.90 Å². The van der Waals surface area contributed by atoms with Crippen LogP contribution in [0.25, 0.3) is 55.7 Å². The molecule has 0 radical (unpaired) electrons. The van der Waals surface area contributed by atoms with Crippen LogP contribution in [0, 0.1) is 6.07 Å². The summed E-state index contributed by atoms with van der Waals surface area (Å²) in [6.45, 7) is 18.2. The Bertz CT molecular complexity index is 2790. The Morgan fingerprint density at radius 2 is 1.26 bits per heavy atom. The van der Waals surface area contributed by atoms with Crippen LogP contribution in [-0.4, -0.2) is 15.1 Å². The quantitative estimate of drug-likeness (QED) is 0.178. The van der Waals surface area contributed by atoms with Gasteiger partial charge in [-0.25, -0.2) is 4.98 Å². The molecule has 1 aliphatic heterocycles. The normalized spacial score (nSPS) is 13.6. The first kappa shape index (κ1) is 38.4. The van der Waals surface area contributed by atoms with Crippen molar-refractivity contribution >= 4 is 39.1 Å². The van der Waals surface area contributed by atoms with E-state index in [1.165, 1.54) is 22.3 Å². The minimum atomic E-state index is -0.202. The summed E-state index contributed by atoms with van der Waals surface area (Å²) in [5, 5.41) is 11.9. The third-order valence-corrected chi connectivity index (χ3v) is 11.4. The minimum absolute atomic E-state index is 0. The van der Waals surface area contributed by atoms with E-state index in [2.05, 4.69) is 151 Å². The van der Waals surface area contributed by atoms with Crippen LogP contribution >= 0.6 is 0 Å². The smallest absolute Gasteiger partial charge is 0.230 e. The van der Waals surface area contributed by atoms with E-state index < -0.39 is 0 Å². The second-order valence-corrected chi connectivity index (χ2v) is 17.6. The second-order valence-electron chi connectivity index (χ2n) is 17.6. The Labute approximate surface area is 349 Å². The number of hydrogen-bond donors (Lipinski definition) is 1. The average molecular weight is 928 g/mol. The van der Waals surface area contributed by atoms with Crippen LogP contribution in [0.4, 0.5) is 17.1 Å². The van der Waals surface area contributed by atoms with Gasteiger partial charge in [-0.1, -0.05) is 139 Å². The number of rotatable bonds is 4. The first-order chi connectivity index (χ1) is 26.7. The van der Waals surface area contributed by atoms with Gasteiger partial charge in [-0.05, 0) is 80.6 Å². The van der Waals surface area contributed by atoms with E-state index in [0.717, 1.165) is 50.2 Å². The molecule has 288 valence electrons. The molecule has 5 nitrogen and oxygen atoms in total. The molecule has 0 atom stereocenters. The zero-order valence-electron chi connectivity index (χ0n) is 33.6. The van der Waals surface area contributed by atoms with Gasteiger partial charge in [-0.15, -0.1) is 29.3 Å². The number of fused-ring (bicyclic) bond motifs is 4. The molecule has 1 N–H and O–H groups in total. The zero-order chi connectivity index (χ0) is 39.1. The van der Waals surface area contributed by atoms with Crippen LogP contribution in [0.3, 0.4) is 0 Å². The molecule has 0 bridgehead atoms. The summed E-state index contributed by atoms with van der Waals surface area (Å²) in [4.78, 5) is 12.5. The average Bonchev–Trinajstić information content (AvgIpc) is 3.61.